The topological polar surface area (TPSA) is 183 Å². The molecule has 0 unspecified atom stereocenters. The van der Waals surface area contributed by atoms with Crippen molar-refractivity contribution in [2.45, 2.75) is 6.54 Å². The zero-order valence-corrected chi connectivity index (χ0v) is 30.6. The second-order valence-corrected chi connectivity index (χ2v) is 13.0. The molecule has 14 heteroatoms. The van der Waals surface area contributed by atoms with Gasteiger partial charge in [-0.1, -0.05) is 18.2 Å². The minimum absolute atomic E-state index is 0.0247. The number of aromatic hydroxyl groups is 2. The van der Waals surface area contributed by atoms with Gasteiger partial charge in [0.05, 0.1) is 29.9 Å². The first kappa shape index (κ1) is 38.4. The summed E-state index contributed by atoms with van der Waals surface area (Å²) in [5.41, 5.74) is -0.0240. The van der Waals surface area contributed by atoms with E-state index in [1.807, 2.05) is 17.0 Å². The van der Waals surface area contributed by atoms with E-state index in [4.69, 9.17) is 27.1 Å². The van der Waals surface area contributed by atoms with Crippen LogP contribution >= 0.6 is 0 Å². The summed E-state index contributed by atoms with van der Waals surface area (Å²) < 4.78 is 45.3. The number of methoxy groups -OCH3 is 2. The van der Waals surface area contributed by atoms with Gasteiger partial charge in [-0.3, -0.25) is 4.90 Å². The Hall–Kier alpha value is -6.87. The lowest BCUT2D eigenvalue weighted by Crippen LogP contribution is -2.30. The number of fused-ring (bicyclic) bond motifs is 4. The van der Waals surface area contributed by atoms with Gasteiger partial charge >= 0.3 is 22.5 Å². The van der Waals surface area contributed by atoms with Crippen LogP contribution in [0.15, 0.2) is 134 Å². The number of hydrogen-bond donors (Lipinski definition) is 2. The molecular weight excluding hydrogens is 741 g/mol. The van der Waals surface area contributed by atoms with Crippen molar-refractivity contribution < 1.29 is 41.7 Å². The Bertz CT molecular complexity index is 3010. The van der Waals surface area contributed by atoms with Crippen LogP contribution in [0.4, 0.5) is 4.39 Å². The molecule has 4 heterocycles. The molecule has 0 amide bonds. The third-order valence-corrected chi connectivity index (χ3v) is 9.24. The van der Waals surface area contributed by atoms with Crippen molar-refractivity contribution in [3.05, 3.63) is 150 Å². The first-order chi connectivity index (χ1) is 27.5. The normalized spacial score (nSPS) is 11.4. The number of hydrogen-bond acceptors (Lipinski definition) is 13. The second kappa shape index (κ2) is 16.5. The monoisotopic (exact) mass is 775 g/mol. The molecule has 0 atom stereocenters. The minimum Gasteiger partial charge on any atom is -0.508 e. The number of nitrogens with zero attached hydrogens (tertiary/aromatic N) is 1. The molecule has 8 aromatic rings. The van der Waals surface area contributed by atoms with Crippen LogP contribution in [0.3, 0.4) is 0 Å². The number of para-hydroxylation sites is 1. The maximum absolute atomic E-state index is 13.7. The van der Waals surface area contributed by atoms with E-state index < -0.39 is 28.3 Å². The van der Waals surface area contributed by atoms with Crippen LogP contribution in [-0.4, -0.2) is 55.6 Å². The number of phenolic OH excluding ortho intramolecular Hbond substituents is 2. The number of ether oxygens (including phenoxy) is 2. The minimum atomic E-state index is -0.701. The highest BCUT2D eigenvalue weighted by molar-refractivity contribution is 5.97. The fourth-order valence-electron chi connectivity index (χ4n) is 6.49. The van der Waals surface area contributed by atoms with Gasteiger partial charge in [0.15, 0.2) is 0 Å². The lowest BCUT2D eigenvalue weighted by molar-refractivity contribution is 0.110. The van der Waals surface area contributed by atoms with Crippen molar-refractivity contribution in [3.8, 4) is 33.8 Å². The molecule has 4 aromatic carbocycles. The molecule has 2 N–H and O–H groups in total. The molecule has 0 spiro atoms. The quantitative estimate of drug-likeness (QED) is 0.139. The van der Waals surface area contributed by atoms with Gasteiger partial charge in [0, 0.05) is 84.7 Å². The van der Waals surface area contributed by atoms with Gasteiger partial charge in [-0.25, -0.2) is 23.6 Å². The van der Waals surface area contributed by atoms with E-state index in [2.05, 4.69) is 0 Å². The van der Waals surface area contributed by atoms with Gasteiger partial charge in [0.1, 0.15) is 39.6 Å². The highest BCUT2D eigenvalue weighted by Gasteiger charge is 2.20. The number of benzene rings is 4. The summed E-state index contributed by atoms with van der Waals surface area (Å²) in [4.78, 5) is 51.3. The summed E-state index contributed by atoms with van der Waals surface area (Å²) in [6.45, 7) is 2.27. The molecule has 290 valence electrons. The highest BCUT2D eigenvalue weighted by Crippen LogP contribution is 2.34. The highest BCUT2D eigenvalue weighted by atomic mass is 19.1. The SMILES string of the molecule is COCCN(CCOC)Cc1c(O)ccc2c(-c3cc4cc(F)ccc4oc3=O)cc(=O)oc12.O=c1cc(-c2cc3ccccc3oc2=O)c2ccc(O)cc2o1. The number of phenols is 2. The number of rotatable bonds is 10. The Morgan fingerprint density at radius 2 is 1.21 bits per heavy atom. The molecule has 0 radical (unpaired) electrons. The summed E-state index contributed by atoms with van der Waals surface area (Å²) in [7, 11) is 3.19. The van der Waals surface area contributed by atoms with E-state index >= 15 is 0 Å². The molecule has 0 fully saturated rings. The van der Waals surface area contributed by atoms with E-state index in [-0.39, 0.29) is 51.5 Å². The molecule has 0 aliphatic heterocycles. The van der Waals surface area contributed by atoms with Crippen molar-refractivity contribution in [3.63, 3.8) is 0 Å². The van der Waals surface area contributed by atoms with Gasteiger partial charge in [-0.05, 0) is 60.7 Å². The maximum atomic E-state index is 13.7. The van der Waals surface area contributed by atoms with E-state index in [0.29, 0.717) is 59.2 Å². The first-order valence-corrected chi connectivity index (χ1v) is 17.6. The summed E-state index contributed by atoms with van der Waals surface area (Å²) >= 11 is 0. The van der Waals surface area contributed by atoms with Crippen molar-refractivity contribution in [2.75, 3.05) is 40.5 Å². The van der Waals surface area contributed by atoms with Crippen molar-refractivity contribution in [2.24, 2.45) is 0 Å². The van der Waals surface area contributed by atoms with Gasteiger partial charge < -0.3 is 37.4 Å². The van der Waals surface area contributed by atoms with Crippen LogP contribution in [0.2, 0.25) is 0 Å². The Balaban J connectivity index is 0.000000187. The van der Waals surface area contributed by atoms with Crippen LogP contribution in [0.5, 0.6) is 11.5 Å². The summed E-state index contributed by atoms with van der Waals surface area (Å²) in [5, 5.41) is 22.3. The fourth-order valence-corrected chi connectivity index (χ4v) is 6.49. The van der Waals surface area contributed by atoms with Crippen LogP contribution in [0.1, 0.15) is 5.56 Å². The molecular formula is C43H34FNO12. The van der Waals surface area contributed by atoms with E-state index in [0.717, 1.165) is 5.39 Å². The van der Waals surface area contributed by atoms with Crippen LogP contribution in [0, 0.1) is 5.82 Å². The average molecular weight is 776 g/mol. The average Bonchev–Trinajstić information content (AvgIpc) is 3.19. The molecule has 8 rings (SSSR count). The molecule has 0 aliphatic rings. The summed E-state index contributed by atoms with van der Waals surface area (Å²) in [6, 6.07) is 24.0. The Kier molecular flexibility index (Phi) is 11.1. The predicted molar refractivity (Wildman–Crippen MR) is 210 cm³/mol. The van der Waals surface area contributed by atoms with Crippen molar-refractivity contribution >= 4 is 43.9 Å². The zero-order chi connectivity index (χ0) is 40.2. The molecule has 0 saturated heterocycles. The lowest BCUT2D eigenvalue weighted by atomic mass is 9.99. The zero-order valence-electron chi connectivity index (χ0n) is 30.6. The molecule has 4 aromatic heterocycles. The summed E-state index contributed by atoms with van der Waals surface area (Å²) in [5.74, 6) is -0.562. The molecule has 57 heavy (non-hydrogen) atoms. The Morgan fingerprint density at radius 1 is 0.596 bits per heavy atom. The van der Waals surface area contributed by atoms with E-state index in [1.54, 1.807) is 44.6 Å². The van der Waals surface area contributed by atoms with Gasteiger partial charge in [-0.2, -0.15) is 0 Å². The molecule has 13 nitrogen and oxygen atoms in total. The standard InChI is InChI=1S/C25H24FNO7.C18H10O5/c1-31-9-7-27(8-10-32-2)14-20-21(28)5-4-17-18(13-23(29)34-24(17)20)19-12-15-11-16(26)3-6-22(15)33-25(19)30;19-11-5-6-12-13(9-17(20)22-16(12)8-11)14-7-10-3-1-2-4-15(10)23-18(14)21/h3-6,11-13,28H,7-10,14H2,1-2H3;1-9,19H. The number of halogens is 1. The molecule has 0 aliphatic carbocycles. The van der Waals surface area contributed by atoms with Crippen LogP contribution < -0.4 is 22.5 Å². The third kappa shape index (κ3) is 8.23. The molecule has 0 bridgehead atoms. The van der Waals surface area contributed by atoms with Gasteiger partial charge in [0.25, 0.3) is 0 Å². The maximum Gasteiger partial charge on any atom is 0.344 e. The van der Waals surface area contributed by atoms with E-state index in [1.165, 1.54) is 54.6 Å². The Morgan fingerprint density at radius 3 is 1.91 bits per heavy atom. The van der Waals surface area contributed by atoms with E-state index in [9.17, 15) is 33.8 Å². The first-order valence-electron chi connectivity index (χ1n) is 17.6. The van der Waals surface area contributed by atoms with Gasteiger partial charge in [-0.15, -0.1) is 0 Å². The second-order valence-electron chi connectivity index (χ2n) is 13.0. The largest absolute Gasteiger partial charge is 0.508 e. The smallest absolute Gasteiger partial charge is 0.344 e. The fraction of sp³-hybridized carbons (Fsp3) is 0.163. The predicted octanol–water partition coefficient (Wildman–Crippen LogP) is 6.78. The molecule has 0 saturated carbocycles. The van der Waals surface area contributed by atoms with Crippen molar-refractivity contribution in [1.82, 2.24) is 4.90 Å². The lowest BCUT2D eigenvalue weighted by Gasteiger charge is -2.22. The van der Waals surface area contributed by atoms with Crippen LogP contribution in [-0.2, 0) is 16.0 Å². The third-order valence-electron chi connectivity index (χ3n) is 9.24. The van der Waals surface area contributed by atoms with Crippen LogP contribution in [0.25, 0.3) is 66.1 Å². The van der Waals surface area contributed by atoms with Gasteiger partial charge in [0.2, 0.25) is 0 Å². The summed E-state index contributed by atoms with van der Waals surface area (Å²) in [6.07, 6.45) is 0. The van der Waals surface area contributed by atoms with Crippen molar-refractivity contribution in [1.29, 1.82) is 0 Å². The Labute approximate surface area is 320 Å².